The number of hydrogen-bond donors (Lipinski definition) is 2. The van der Waals surface area contributed by atoms with Crippen LogP contribution in [-0.2, 0) is 6.42 Å². The molecule has 0 spiro atoms. The van der Waals surface area contributed by atoms with E-state index in [-0.39, 0.29) is 0 Å². The van der Waals surface area contributed by atoms with E-state index >= 15 is 0 Å². The molecule has 5 rings (SSSR count). The summed E-state index contributed by atoms with van der Waals surface area (Å²) in [4.78, 5) is 5.07. The summed E-state index contributed by atoms with van der Waals surface area (Å²) in [5.41, 5.74) is 10.8. The first-order valence-electron chi connectivity index (χ1n) is 12.7. The maximum absolute atomic E-state index is 5.07. The second-order valence-electron chi connectivity index (χ2n) is 9.78. The molecule has 2 aromatic heterocycles. The van der Waals surface area contributed by atoms with Crippen LogP contribution in [0.3, 0.4) is 0 Å². The van der Waals surface area contributed by atoms with Crippen molar-refractivity contribution in [2.45, 2.75) is 34.1 Å². The zero-order valence-corrected chi connectivity index (χ0v) is 26.1. The number of fused-ring (bicyclic) bond motifs is 3. The first kappa shape index (κ1) is 26.4. The van der Waals surface area contributed by atoms with Crippen molar-refractivity contribution in [2.75, 3.05) is 25.0 Å². The van der Waals surface area contributed by atoms with Crippen molar-refractivity contribution >= 4 is 72.8 Å². The van der Waals surface area contributed by atoms with Gasteiger partial charge >= 0.3 is 0 Å². The van der Waals surface area contributed by atoms with E-state index in [0.717, 1.165) is 43.1 Å². The molecular formula is C31H32I2N4. The van der Waals surface area contributed by atoms with E-state index in [4.69, 9.17) is 4.98 Å². The van der Waals surface area contributed by atoms with Gasteiger partial charge in [-0.3, -0.25) is 4.57 Å². The second kappa shape index (κ2) is 11.3. The molecule has 4 nitrogen and oxygen atoms in total. The van der Waals surface area contributed by atoms with Crippen molar-refractivity contribution in [1.29, 1.82) is 0 Å². The summed E-state index contributed by atoms with van der Waals surface area (Å²) >= 11 is 4.80. The van der Waals surface area contributed by atoms with Crippen LogP contribution in [-0.4, -0.2) is 29.2 Å². The number of para-hydroxylation sites is 1. The van der Waals surface area contributed by atoms with Gasteiger partial charge < -0.3 is 10.6 Å². The third-order valence-electron chi connectivity index (χ3n) is 6.81. The third kappa shape index (κ3) is 5.52. The van der Waals surface area contributed by atoms with Gasteiger partial charge in [0, 0.05) is 37.0 Å². The van der Waals surface area contributed by atoms with E-state index in [1.54, 1.807) is 0 Å². The summed E-state index contributed by atoms with van der Waals surface area (Å²) in [6.07, 6.45) is 1.04. The molecule has 0 saturated heterocycles. The quantitative estimate of drug-likeness (QED) is 0.127. The highest BCUT2D eigenvalue weighted by Crippen LogP contribution is 2.37. The molecule has 0 aliphatic rings. The smallest absolute Gasteiger partial charge is 0.147 e. The van der Waals surface area contributed by atoms with Crippen LogP contribution in [0, 0.1) is 34.8 Å². The molecule has 0 aliphatic heterocycles. The van der Waals surface area contributed by atoms with Crippen molar-refractivity contribution < 1.29 is 0 Å². The lowest BCUT2D eigenvalue weighted by atomic mass is 10.0. The summed E-state index contributed by atoms with van der Waals surface area (Å²) < 4.78 is 4.99. The SMILES string of the molecule is Cc1cc(C)c(-n2c3ccccc3c3c(NCCNCCc4ccc(I)c(I)c4)cc(C)nc32)c(C)c1. The molecule has 0 unspecified atom stereocenters. The summed E-state index contributed by atoms with van der Waals surface area (Å²) in [5.74, 6) is 0. The molecule has 0 atom stereocenters. The molecule has 5 aromatic rings. The lowest BCUT2D eigenvalue weighted by Gasteiger charge is -2.15. The Morgan fingerprint density at radius 1 is 0.811 bits per heavy atom. The highest BCUT2D eigenvalue weighted by Gasteiger charge is 2.19. The van der Waals surface area contributed by atoms with Crippen molar-refractivity contribution in [3.8, 4) is 5.69 Å². The molecule has 6 heteroatoms. The number of hydrogen-bond acceptors (Lipinski definition) is 3. The minimum absolute atomic E-state index is 0.852. The molecular weight excluding hydrogens is 682 g/mol. The molecule has 190 valence electrons. The van der Waals surface area contributed by atoms with Gasteiger partial charge in [-0.05, 0) is 127 Å². The Morgan fingerprint density at radius 3 is 2.32 bits per heavy atom. The number of halogens is 2. The predicted octanol–water partition coefficient (Wildman–Crippen LogP) is 7.87. The maximum Gasteiger partial charge on any atom is 0.147 e. The average Bonchev–Trinajstić information content (AvgIpc) is 3.17. The first-order chi connectivity index (χ1) is 17.8. The molecule has 0 fully saturated rings. The summed E-state index contributed by atoms with van der Waals surface area (Å²) in [7, 11) is 0. The minimum Gasteiger partial charge on any atom is -0.383 e. The molecule has 0 amide bonds. The van der Waals surface area contributed by atoms with Gasteiger partial charge in [0.1, 0.15) is 5.65 Å². The predicted molar refractivity (Wildman–Crippen MR) is 174 cm³/mol. The number of pyridine rings is 1. The minimum atomic E-state index is 0.852. The fourth-order valence-corrected chi connectivity index (χ4v) is 6.22. The molecule has 2 heterocycles. The Bertz CT molecular complexity index is 1580. The van der Waals surface area contributed by atoms with Crippen LogP contribution in [0.1, 0.15) is 27.9 Å². The van der Waals surface area contributed by atoms with Crippen LogP contribution in [0.25, 0.3) is 27.6 Å². The highest BCUT2D eigenvalue weighted by atomic mass is 127. The van der Waals surface area contributed by atoms with Gasteiger partial charge in [0.05, 0.1) is 16.6 Å². The van der Waals surface area contributed by atoms with Crippen LogP contribution >= 0.6 is 45.2 Å². The van der Waals surface area contributed by atoms with Crippen LogP contribution in [0.15, 0.2) is 60.7 Å². The lowest BCUT2D eigenvalue weighted by Crippen LogP contribution is -2.24. The van der Waals surface area contributed by atoms with E-state index in [2.05, 4.69) is 149 Å². The fraction of sp³-hybridized carbons (Fsp3) is 0.258. The Morgan fingerprint density at radius 2 is 1.57 bits per heavy atom. The van der Waals surface area contributed by atoms with Crippen molar-refractivity contribution in [3.63, 3.8) is 0 Å². The highest BCUT2D eigenvalue weighted by molar-refractivity contribution is 14.1. The van der Waals surface area contributed by atoms with E-state index in [0.29, 0.717) is 0 Å². The zero-order chi connectivity index (χ0) is 26.1. The van der Waals surface area contributed by atoms with Gasteiger partial charge in [-0.25, -0.2) is 4.98 Å². The number of aryl methyl sites for hydroxylation is 4. The maximum atomic E-state index is 5.07. The van der Waals surface area contributed by atoms with Crippen LogP contribution in [0.4, 0.5) is 5.69 Å². The Balaban J connectivity index is 1.41. The molecule has 0 saturated carbocycles. The van der Waals surface area contributed by atoms with Crippen molar-refractivity contribution in [1.82, 2.24) is 14.9 Å². The standard InChI is InChI=1S/C31H32I2N4/c1-19-15-20(2)30(21(3)16-19)37-28-8-6-5-7-24(28)29-27(17-22(4)36-31(29)37)35-14-13-34-12-11-23-9-10-25(32)26(33)18-23/h5-10,15-18,34H,11-14H2,1-4H3,(H,35,36). The fourth-order valence-electron chi connectivity index (χ4n) is 5.31. The van der Waals surface area contributed by atoms with Gasteiger partial charge in [0.15, 0.2) is 0 Å². The van der Waals surface area contributed by atoms with Gasteiger partial charge in [-0.1, -0.05) is 42.0 Å². The largest absolute Gasteiger partial charge is 0.383 e. The van der Waals surface area contributed by atoms with Crippen LogP contribution in [0.5, 0.6) is 0 Å². The van der Waals surface area contributed by atoms with Gasteiger partial charge in [0.25, 0.3) is 0 Å². The number of anilines is 1. The number of benzene rings is 3. The van der Waals surface area contributed by atoms with E-state index in [1.165, 1.54) is 51.4 Å². The van der Waals surface area contributed by atoms with Crippen LogP contribution in [0.2, 0.25) is 0 Å². The van der Waals surface area contributed by atoms with E-state index in [9.17, 15) is 0 Å². The summed E-state index contributed by atoms with van der Waals surface area (Å²) in [6.45, 7) is 11.4. The summed E-state index contributed by atoms with van der Waals surface area (Å²) in [5, 5.41) is 9.74. The Kier molecular flexibility index (Phi) is 8.07. The Labute approximate surface area is 246 Å². The topological polar surface area (TPSA) is 41.9 Å². The van der Waals surface area contributed by atoms with Crippen molar-refractivity contribution in [2.24, 2.45) is 0 Å². The molecule has 2 N–H and O–H groups in total. The molecule has 0 bridgehead atoms. The zero-order valence-electron chi connectivity index (χ0n) is 21.8. The van der Waals surface area contributed by atoms with Gasteiger partial charge in [0.2, 0.25) is 0 Å². The number of nitrogens with one attached hydrogen (secondary N) is 2. The number of rotatable bonds is 8. The van der Waals surface area contributed by atoms with Gasteiger partial charge in [-0.2, -0.15) is 0 Å². The first-order valence-corrected chi connectivity index (χ1v) is 14.9. The van der Waals surface area contributed by atoms with Gasteiger partial charge in [-0.15, -0.1) is 0 Å². The lowest BCUT2D eigenvalue weighted by molar-refractivity contribution is 0.699. The Hall–Kier alpha value is -2.17. The summed E-state index contributed by atoms with van der Waals surface area (Å²) in [6, 6.07) is 22.1. The molecule has 37 heavy (non-hydrogen) atoms. The number of aromatic nitrogens is 2. The molecule has 3 aromatic carbocycles. The second-order valence-corrected chi connectivity index (χ2v) is 12.1. The normalized spacial score (nSPS) is 11.5. The third-order valence-corrected chi connectivity index (χ3v) is 9.67. The van der Waals surface area contributed by atoms with Crippen molar-refractivity contribution in [3.05, 3.63) is 95.8 Å². The van der Waals surface area contributed by atoms with E-state index in [1.807, 2.05) is 0 Å². The van der Waals surface area contributed by atoms with Crippen LogP contribution < -0.4 is 10.6 Å². The molecule has 0 radical (unpaired) electrons. The van der Waals surface area contributed by atoms with E-state index < -0.39 is 0 Å². The average molecular weight is 714 g/mol. The molecule has 0 aliphatic carbocycles. The number of nitrogens with zero attached hydrogens (tertiary/aromatic N) is 2. The monoisotopic (exact) mass is 714 g/mol.